The Morgan fingerprint density at radius 2 is 0.956 bits per heavy atom. The van der Waals surface area contributed by atoms with E-state index in [-0.39, 0.29) is 5.41 Å². The molecule has 210 valence electrons. The van der Waals surface area contributed by atoms with E-state index in [0.29, 0.717) is 0 Å². The number of benzene rings is 8. The summed E-state index contributed by atoms with van der Waals surface area (Å²) < 4.78 is 11.8. The first-order valence-electron chi connectivity index (χ1n) is 15.6. The molecule has 0 amide bonds. The van der Waals surface area contributed by atoms with Crippen LogP contribution in [0.4, 0.5) is 0 Å². The van der Waals surface area contributed by atoms with Crippen molar-refractivity contribution in [2.24, 2.45) is 0 Å². The van der Waals surface area contributed by atoms with Crippen LogP contribution in [-0.2, 0) is 10.1 Å². The van der Waals surface area contributed by atoms with E-state index in [4.69, 9.17) is 0 Å². The van der Waals surface area contributed by atoms with Gasteiger partial charge in [0.1, 0.15) is 0 Å². The van der Waals surface area contributed by atoms with Crippen molar-refractivity contribution in [2.45, 2.75) is 19.3 Å². The Labute approximate surface area is 263 Å². The van der Waals surface area contributed by atoms with Crippen molar-refractivity contribution in [3.8, 4) is 33.4 Å². The van der Waals surface area contributed by atoms with Crippen molar-refractivity contribution in [1.29, 1.82) is 0 Å². The third-order valence-corrected chi connectivity index (χ3v) is 10.1. The number of rotatable bonds is 3. The summed E-state index contributed by atoms with van der Waals surface area (Å²) in [5, 5.41) is 9.95. The normalized spacial score (nSPS) is 13.3. The van der Waals surface area contributed by atoms with Gasteiger partial charge in [-0.2, -0.15) is 0 Å². The third kappa shape index (κ3) is 3.82. The number of hydrogen-bond donors (Lipinski definition) is 0. The quantitative estimate of drug-likeness (QED) is 0.152. The summed E-state index contributed by atoms with van der Waals surface area (Å²) in [4.78, 5) is 0. The Balaban J connectivity index is 1.46. The molecule has 0 spiro atoms. The number of hydrogen-bond acceptors (Lipinski definition) is 1. The zero-order chi connectivity index (χ0) is 30.3. The first-order valence-corrected chi connectivity index (χ1v) is 15.6. The Morgan fingerprint density at radius 3 is 1.53 bits per heavy atom. The molecule has 0 bridgehead atoms. The molecule has 8 aromatic carbocycles. The van der Waals surface area contributed by atoms with Gasteiger partial charge in [0.25, 0.3) is 0 Å². The summed E-state index contributed by atoms with van der Waals surface area (Å²) >= 11 is 0. The predicted octanol–water partition coefficient (Wildman–Crippen LogP) is 10.6. The van der Waals surface area contributed by atoms with Crippen molar-refractivity contribution in [3.63, 3.8) is 0 Å². The molecule has 0 saturated heterocycles. The van der Waals surface area contributed by atoms with Crippen LogP contribution in [0.2, 0.25) is 0 Å². The van der Waals surface area contributed by atoms with Gasteiger partial charge in [-0.15, -0.1) is 0 Å². The second kappa shape index (κ2) is 9.58. The van der Waals surface area contributed by atoms with E-state index in [2.05, 4.69) is 147 Å². The molecule has 0 heterocycles. The van der Waals surface area contributed by atoms with Crippen molar-refractivity contribution in [1.82, 2.24) is 0 Å². The van der Waals surface area contributed by atoms with Crippen LogP contribution in [0.5, 0.6) is 0 Å². The molecule has 9 rings (SSSR count). The zero-order valence-electron chi connectivity index (χ0n) is 25.3. The second-order valence-electron chi connectivity index (χ2n) is 12.9. The first kappa shape index (κ1) is 26.1. The zero-order valence-corrected chi connectivity index (χ0v) is 25.3. The molecule has 0 aliphatic heterocycles. The van der Waals surface area contributed by atoms with Crippen LogP contribution < -0.4 is 5.46 Å². The molecule has 0 fully saturated rings. The Hall–Kier alpha value is -5.34. The molecule has 1 aliphatic carbocycles. The van der Waals surface area contributed by atoms with Gasteiger partial charge in [0.2, 0.25) is 0 Å². The second-order valence-corrected chi connectivity index (χ2v) is 12.9. The first-order chi connectivity index (χ1) is 22.0. The molecule has 0 atom stereocenters. The molecule has 1 nitrogen and oxygen atoms in total. The van der Waals surface area contributed by atoms with E-state index in [1.165, 1.54) is 87.6 Å². The van der Waals surface area contributed by atoms with E-state index in [1.807, 2.05) is 6.07 Å². The standard InChI is InChI=1S/C43H29BO/c1-43(2)39-23-32(44-45)19-20-33(39)36-24-37-38(25-40(36)43)42(31-18-16-27-10-4-6-12-29(27)22-31)35-14-8-7-13-34(35)41(37)30-17-15-26-9-3-5-11-28(26)21-30/h3-25H,1-2H3. The summed E-state index contributed by atoms with van der Waals surface area (Å²) in [7, 11) is 0.957. The molecule has 0 N–H and O–H groups in total. The topological polar surface area (TPSA) is 17.1 Å². The van der Waals surface area contributed by atoms with Gasteiger partial charge < -0.3 is 0 Å². The molecule has 0 radical (unpaired) electrons. The minimum atomic E-state index is -0.243. The maximum atomic E-state index is 11.8. The van der Waals surface area contributed by atoms with Crippen LogP contribution >= 0.6 is 0 Å². The Kier molecular flexibility index (Phi) is 5.56. The van der Waals surface area contributed by atoms with E-state index in [9.17, 15) is 4.70 Å². The van der Waals surface area contributed by atoms with Crippen LogP contribution in [0.1, 0.15) is 25.0 Å². The SMILES string of the molecule is CC1(C)c2cc(B=O)ccc2-c2cc3c(-c4ccc5ccccc5c4)c4ccccc4c(-c4ccc5ccccc5c4)c3cc21. The molecule has 0 aromatic heterocycles. The summed E-state index contributed by atoms with van der Waals surface area (Å²) in [6.45, 7) is 4.58. The van der Waals surface area contributed by atoms with Crippen molar-refractivity contribution in [2.75, 3.05) is 0 Å². The number of fused-ring (bicyclic) bond motifs is 7. The van der Waals surface area contributed by atoms with Crippen LogP contribution in [-0.4, -0.2) is 7.15 Å². The van der Waals surface area contributed by atoms with Crippen molar-refractivity contribution >= 4 is 55.7 Å². The molecule has 0 saturated carbocycles. The molecule has 0 unspecified atom stereocenters. The molecular weight excluding hydrogens is 543 g/mol. The van der Waals surface area contributed by atoms with Crippen LogP contribution in [0.15, 0.2) is 140 Å². The Morgan fingerprint density at radius 1 is 0.444 bits per heavy atom. The van der Waals surface area contributed by atoms with E-state index in [1.54, 1.807) is 0 Å². The average molecular weight is 573 g/mol. The molecule has 45 heavy (non-hydrogen) atoms. The minimum absolute atomic E-state index is 0.243. The molecule has 1 aliphatic rings. The van der Waals surface area contributed by atoms with Gasteiger partial charge in [-0.25, -0.2) is 0 Å². The molecular formula is C43H29BO. The van der Waals surface area contributed by atoms with Gasteiger partial charge in [-0.1, -0.05) is 36.4 Å². The van der Waals surface area contributed by atoms with E-state index < -0.39 is 0 Å². The van der Waals surface area contributed by atoms with Crippen LogP contribution in [0.3, 0.4) is 0 Å². The van der Waals surface area contributed by atoms with Crippen LogP contribution in [0.25, 0.3) is 76.5 Å². The molecule has 2 heteroatoms. The maximum absolute atomic E-state index is 11.8. The summed E-state index contributed by atoms with van der Waals surface area (Å²) in [5.74, 6) is 0. The average Bonchev–Trinajstić information content (AvgIpc) is 3.30. The van der Waals surface area contributed by atoms with Gasteiger partial charge in [0.05, 0.1) is 0 Å². The summed E-state index contributed by atoms with van der Waals surface area (Å²) in [6, 6.07) is 50.9. The fourth-order valence-electron chi connectivity index (χ4n) is 7.81. The Bertz CT molecular complexity index is 2540. The third-order valence-electron chi connectivity index (χ3n) is 10.1. The van der Waals surface area contributed by atoms with Crippen molar-refractivity contribution < 1.29 is 4.70 Å². The van der Waals surface area contributed by atoms with Gasteiger partial charge >= 0.3 is 227 Å². The van der Waals surface area contributed by atoms with Gasteiger partial charge in [-0.05, 0) is 0 Å². The summed E-state index contributed by atoms with van der Waals surface area (Å²) in [5.41, 5.74) is 10.4. The summed E-state index contributed by atoms with van der Waals surface area (Å²) in [6.07, 6.45) is 0. The van der Waals surface area contributed by atoms with Crippen molar-refractivity contribution in [3.05, 3.63) is 151 Å². The fraction of sp³-hybridized carbons (Fsp3) is 0.0698. The van der Waals surface area contributed by atoms with E-state index >= 15 is 0 Å². The molecule has 8 aromatic rings. The van der Waals surface area contributed by atoms with Crippen LogP contribution in [0, 0.1) is 0 Å². The van der Waals surface area contributed by atoms with Gasteiger partial charge in [0, 0.05) is 0 Å². The fourth-order valence-corrected chi connectivity index (χ4v) is 7.81. The van der Waals surface area contributed by atoms with Gasteiger partial charge in [0.15, 0.2) is 0 Å². The predicted molar refractivity (Wildman–Crippen MR) is 191 cm³/mol. The van der Waals surface area contributed by atoms with E-state index in [0.717, 1.165) is 12.6 Å². The van der Waals surface area contributed by atoms with Gasteiger partial charge in [-0.3, -0.25) is 0 Å². The monoisotopic (exact) mass is 572 g/mol.